The monoisotopic (exact) mass is 375 g/mol. The molecule has 1 aromatic heterocycles. The largest absolute Gasteiger partial charge is 0.493 e. The molecule has 4 rings (SSSR count). The van der Waals surface area contributed by atoms with Crippen LogP contribution < -0.4 is 10.1 Å². The predicted molar refractivity (Wildman–Crippen MR) is 113 cm³/mol. The summed E-state index contributed by atoms with van der Waals surface area (Å²) in [4.78, 5) is 12.5. The second-order valence-corrected chi connectivity index (χ2v) is 7.17. The van der Waals surface area contributed by atoms with Crippen LogP contribution in [0.3, 0.4) is 0 Å². The summed E-state index contributed by atoms with van der Waals surface area (Å²) < 4.78 is 12.0. The number of para-hydroxylation sites is 1. The normalized spacial score (nSPS) is 14.0. The van der Waals surface area contributed by atoms with Gasteiger partial charge in [-0.2, -0.15) is 0 Å². The average molecular weight is 375 g/mol. The fourth-order valence-electron chi connectivity index (χ4n) is 3.85. The van der Waals surface area contributed by atoms with Crippen LogP contribution in [0.25, 0.3) is 16.5 Å². The maximum atomic E-state index is 12.5. The molecule has 1 heterocycles. The van der Waals surface area contributed by atoms with Crippen molar-refractivity contribution in [3.63, 3.8) is 0 Å². The Hall–Kier alpha value is -3.01. The molecular formula is C24H25NO3. The fraction of sp³-hybridized carbons (Fsp3) is 0.292. The van der Waals surface area contributed by atoms with Crippen molar-refractivity contribution < 1.29 is 13.9 Å². The van der Waals surface area contributed by atoms with E-state index in [0.29, 0.717) is 6.61 Å². The van der Waals surface area contributed by atoms with Crippen LogP contribution in [0.4, 0.5) is 5.69 Å². The quantitative estimate of drug-likeness (QED) is 0.578. The number of allylic oxidation sites excluding steroid dienone is 1. The molecule has 144 valence electrons. The summed E-state index contributed by atoms with van der Waals surface area (Å²) in [6.45, 7) is 4.46. The van der Waals surface area contributed by atoms with Gasteiger partial charge in [0, 0.05) is 40.8 Å². The second kappa shape index (κ2) is 7.93. The van der Waals surface area contributed by atoms with E-state index in [1.54, 1.807) is 6.08 Å². The van der Waals surface area contributed by atoms with Gasteiger partial charge in [0.1, 0.15) is 17.1 Å². The van der Waals surface area contributed by atoms with Gasteiger partial charge in [0.2, 0.25) is 5.91 Å². The molecule has 3 aromatic rings. The van der Waals surface area contributed by atoms with Crippen LogP contribution in [0, 0.1) is 0 Å². The number of benzene rings is 2. The van der Waals surface area contributed by atoms with Crippen molar-refractivity contribution in [3.05, 3.63) is 65.4 Å². The summed E-state index contributed by atoms with van der Waals surface area (Å²) in [7, 11) is 0. The van der Waals surface area contributed by atoms with Crippen LogP contribution in [0.2, 0.25) is 0 Å². The highest BCUT2D eigenvalue weighted by Crippen LogP contribution is 2.38. The zero-order chi connectivity index (χ0) is 19.5. The van der Waals surface area contributed by atoms with Gasteiger partial charge in [-0.05, 0) is 56.9 Å². The van der Waals surface area contributed by atoms with Gasteiger partial charge in [-0.1, -0.05) is 18.2 Å². The van der Waals surface area contributed by atoms with E-state index in [0.717, 1.165) is 52.1 Å². The molecule has 28 heavy (non-hydrogen) atoms. The van der Waals surface area contributed by atoms with Crippen LogP contribution in [0.5, 0.6) is 5.75 Å². The number of carbonyl (C=O) groups excluding carboxylic acids is 1. The first-order valence-electron chi connectivity index (χ1n) is 9.91. The van der Waals surface area contributed by atoms with E-state index in [2.05, 4.69) is 11.4 Å². The van der Waals surface area contributed by atoms with E-state index in [-0.39, 0.29) is 5.91 Å². The molecule has 1 amide bonds. The molecule has 0 radical (unpaired) electrons. The molecule has 4 nitrogen and oxygen atoms in total. The third-order valence-electron chi connectivity index (χ3n) is 5.17. The van der Waals surface area contributed by atoms with E-state index >= 15 is 0 Å². The standard InChI is InChI=1S/C24H25NO3/c1-3-27-22-15-23-20(18-11-7-8-12-21(18)28-23)14-19(22)16(2)13-24(26)25-17-9-5-4-6-10-17/h4-6,9-10,13-15H,3,7-8,11-12H2,1-2H3,(H,25,26)/b16-13+. The number of rotatable bonds is 5. The van der Waals surface area contributed by atoms with Gasteiger partial charge in [-0.15, -0.1) is 0 Å². The average Bonchev–Trinajstić information content (AvgIpc) is 3.05. The topological polar surface area (TPSA) is 51.5 Å². The van der Waals surface area contributed by atoms with E-state index < -0.39 is 0 Å². The Morgan fingerprint density at radius 1 is 1.18 bits per heavy atom. The van der Waals surface area contributed by atoms with Gasteiger partial charge in [0.15, 0.2) is 0 Å². The Bertz CT molecular complexity index is 1030. The molecule has 2 aromatic carbocycles. The first-order chi connectivity index (χ1) is 13.7. The van der Waals surface area contributed by atoms with Crippen molar-refractivity contribution in [1.82, 2.24) is 0 Å². The minimum absolute atomic E-state index is 0.152. The number of furan rings is 1. The van der Waals surface area contributed by atoms with E-state index in [1.807, 2.05) is 50.2 Å². The number of ether oxygens (including phenoxy) is 1. The first-order valence-corrected chi connectivity index (χ1v) is 9.91. The Morgan fingerprint density at radius 2 is 1.96 bits per heavy atom. The first kappa shape index (κ1) is 18.4. The molecule has 0 fully saturated rings. The van der Waals surface area contributed by atoms with Crippen molar-refractivity contribution in [2.24, 2.45) is 0 Å². The van der Waals surface area contributed by atoms with Crippen LogP contribution in [0.15, 0.2) is 53.0 Å². The molecule has 0 spiro atoms. The number of nitrogens with one attached hydrogen (secondary N) is 1. The number of aryl methyl sites for hydroxylation is 2. The van der Waals surface area contributed by atoms with Crippen LogP contribution >= 0.6 is 0 Å². The number of amides is 1. The number of hydrogen-bond acceptors (Lipinski definition) is 3. The zero-order valence-electron chi connectivity index (χ0n) is 16.4. The smallest absolute Gasteiger partial charge is 0.248 e. The summed E-state index contributed by atoms with van der Waals surface area (Å²) in [5, 5.41) is 4.04. The Kier molecular flexibility index (Phi) is 5.20. The Balaban J connectivity index is 1.70. The SMILES string of the molecule is CCOc1cc2oc3c(c2cc1/C(C)=C/C(=O)Nc1ccccc1)CCCC3. The molecule has 4 heteroatoms. The van der Waals surface area contributed by atoms with E-state index in [4.69, 9.17) is 9.15 Å². The summed E-state index contributed by atoms with van der Waals surface area (Å²) in [6.07, 6.45) is 6.04. The van der Waals surface area contributed by atoms with Crippen LogP contribution in [-0.4, -0.2) is 12.5 Å². The van der Waals surface area contributed by atoms with Gasteiger partial charge in [0.25, 0.3) is 0 Å². The number of carbonyl (C=O) groups is 1. The molecule has 0 saturated carbocycles. The van der Waals surface area contributed by atoms with Crippen molar-refractivity contribution in [2.45, 2.75) is 39.5 Å². The fourth-order valence-corrected chi connectivity index (χ4v) is 3.85. The molecule has 0 saturated heterocycles. The van der Waals surface area contributed by atoms with Gasteiger partial charge < -0.3 is 14.5 Å². The summed E-state index contributed by atoms with van der Waals surface area (Å²) in [6, 6.07) is 13.6. The molecule has 0 bridgehead atoms. The summed E-state index contributed by atoms with van der Waals surface area (Å²) in [5.41, 5.74) is 4.77. The molecule has 0 aliphatic heterocycles. The zero-order valence-corrected chi connectivity index (χ0v) is 16.4. The summed E-state index contributed by atoms with van der Waals surface area (Å²) in [5.74, 6) is 1.70. The maximum absolute atomic E-state index is 12.5. The third kappa shape index (κ3) is 3.68. The lowest BCUT2D eigenvalue weighted by Gasteiger charge is -2.12. The third-order valence-corrected chi connectivity index (χ3v) is 5.17. The van der Waals surface area contributed by atoms with Gasteiger partial charge >= 0.3 is 0 Å². The lowest BCUT2D eigenvalue weighted by atomic mass is 9.94. The minimum Gasteiger partial charge on any atom is -0.493 e. The van der Waals surface area contributed by atoms with Crippen molar-refractivity contribution >= 4 is 28.1 Å². The van der Waals surface area contributed by atoms with Gasteiger partial charge in [-0.3, -0.25) is 4.79 Å². The van der Waals surface area contributed by atoms with E-state index in [9.17, 15) is 4.79 Å². The van der Waals surface area contributed by atoms with Crippen molar-refractivity contribution in [1.29, 1.82) is 0 Å². The van der Waals surface area contributed by atoms with Gasteiger partial charge in [-0.25, -0.2) is 0 Å². The highest BCUT2D eigenvalue weighted by Gasteiger charge is 2.20. The maximum Gasteiger partial charge on any atom is 0.248 e. The highest BCUT2D eigenvalue weighted by molar-refractivity contribution is 6.04. The lowest BCUT2D eigenvalue weighted by Crippen LogP contribution is -2.08. The van der Waals surface area contributed by atoms with Crippen molar-refractivity contribution in [2.75, 3.05) is 11.9 Å². The number of anilines is 1. The molecule has 1 aliphatic rings. The second-order valence-electron chi connectivity index (χ2n) is 7.17. The van der Waals surface area contributed by atoms with E-state index in [1.165, 1.54) is 18.4 Å². The summed E-state index contributed by atoms with van der Waals surface area (Å²) >= 11 is 0. The molecule has 0 unspecified atom stereocenters. The lowest BCUT2D eigenvalue weighted by molar-refractivity contribution is -0.111. The molecule has 0 atom stereocenters. The highest BCUT2D eigenvalue weighted by atomic mass is 16.5. The molecule has 1 N–H and O–H groups in total. The van der Waals surface area contributed by atoms with Crippen LogP contribution in [-0.2, 0) is 17.6 Å². The molecule has 1 aliphatic carbocycles. The minimum atomic E-state index is -0.152. The Morgan fingerprint density at radius 3 is 2.75 bits per heavy atom. The van der Waals surface area contributed by atoms with Gasteiger partial charge in [0.05, 0.1) is 6.61 Å². The molecular weight excluding hydrogens is 350 g/mol. The predicted octanol–water partition coefficient (Wildman–Crippen LogP) is 5.75. The van der Waals surface area contributed by atoms with Crippen LogP contribution in [0.1, 0.15) is 43.6 Å². The number of hydrogen-bond donors (Lipinski definition) is 1. The Labute approximate surface area is 165 Å². The van der Waals surface area contributed by atoms with Crippen molar-refractivity contribution in [3.8, 4) is 5.75 Å². The number of fused-ring (bicyclic) bond motifs is 3.